The van der Waals surface area contributed by atoms with Gasteiger partial charge in [-0.15, -0.1) is 0 Å². The number of rotatable bonds is 3. The molecule has 0 saturated carbocycles. The lowest BCUT2D eigenvalue weighted by molar-refractivity contribution is 0.100. The van der Waals surface area contributed by atoms with Gasteiger partial charge in [-0.05, 0) is 54.7 Å². The van der Waals surface area contributed by atoms with E-state index in [0.717, 1.165) is 19.3 Å². The highest BCUT2D eigenvalue weighted by molar-refractivity contribution is 6.08. The average molecular weight is 280 g/mol. The molecule has 0 aromatic heterocycles. The van der Waals surface area contributed by atoms with E-state index in [1.54, 1.807) is 24.3 Å². The fourth-order valence-electron chi connectivity index (χ4n) is 2.71. The van der Waals surface area contributed by atoms with Crippen LogP contribution in [-0.4, -0.2) is 11.8 Å². The minimum absolute atomic E-state index is 0.224. The van der Waals surface area contributed by atoms with Crippen molar-refractivity contribution in [3.8, 4) is 0 Å². The van der Waals surface area contributed by atoms with Crippen molar-refractivity contribution >= 4 is 17.5 Å². The number of hydrogen-bond donors (Lipinski definition) is 2. The highest BCUT2D eigenvalue weighted by Gasteiger charge is 2.15. The first-order chi connectivity index (χ1) is 10.1. The summed E-state index contributed by atoms with van der Waals surface area (Å²) in [4.78, 5) is 23.7. The molecule has 0 unspecified atom stereocenters. The second-order valence-electron chi connectivity index (χ2n) is 5.20. The standard InChI is InChI=1S/C17H16N2O2/c18-16(20)14-6-1-2-7-15(14)19-17(21)13-9-8-11-4-3-5-12(11)10-13/h1-2,6-10H,3-5H2,(H2,18,20)(H,19,21). The molecule has 4 heteroatoms. The molecule has 0 radical (unpaired) electrons. The van der Waals surface area contributed by atoms with Crippen LogP contribution in [0.3, 0.4) is 0 Å². The van der Waals surface area contributed by atoms with Crippen LogP contribution in [-0.2, 0) is 12.8 Å². The van der Waals surface area contributed by atoms with Crippen molar-refractivity contribution in [3.63, 3.8) is 0 Å². The predicted octanol–water partition coefficient (Wildman–Crippen LogP) is 2.53. The molecule has 106 valence electrons. The number of primary amides is 1. The minimum atomic E-state index is -0.556. The van der Waals surface area contributed by atoms with Crippen molar-refractivity contribution in [1.82, 2.24) is 0 Å². The summed E-state index contributed by atoms with van der Waals surface area (Å²) in [6.07, 6.45) is 3.25. The molecular formula is C17H16N2O2. The molecule has 3 N–H and O–H groups in total. The number of fused-ring (bicyclic) bond motifs is 1. The summed E-state index contributed by atoms with van der Waals surface area (Å²) >= 11 is 0. The fourth-order valence-corrected chi connectivity index (χ4v) is 2.71. The maximum absolute atomic E-state index is 12.3. The zero-order chi connectivity index (χ0) is 14.8. The molecule has 4 nitrogen and oxygen atoms in total. The van der Waals surface area contributed by atoms with E-state index in [1.807, 2.05) is 18.2 Å². The van der Waals surface area contributed by atoms with E-state index in [2.05, 4.69) is 5.32 Å². The number of hydrogen-bond acceptors (Lipinski definition) is 2. The summed E-state index contributed by atoms with van der Waals surface area (Å²) in [7, 11) is 0. The Morgan fingerprint density at radius 2 is 1.76 bits per heavy atom. The van der Waals surface area contributed by atoms with Gasteiger partial charge in [0.2, 0.25) is 0 Å². The molecule has 3 rings (SSSR count). The van der Waals surface area contributed by atoms with Crippen molar-refractivity contribution in [2.75, 3.05) is 5.32 Å². The van der Waals surface area contributed by atoms with E-state index in [1.165, 1.54) is 11.1 Å². The minimum Gasteiger partial charge on any atom is -0.366 e. The van der Waals surface area contributed by atoms with Crippen LogP contribution in [0.4, 0.5) is 5.69 Å². The van der Waals surface area contributed by atoms with Crippen LogP contribution in [0.25, 0.3) is 0 Å². The molecule has 21 heavy (non-hydrogen) atoms. The van der Waals surface area contributed by atoms with Gasteiger partial charge in [0, 0.05) is 5.56 Å². The number of benzene rings is 2. The van der Waals surface area contributed by atoms with E-state index >= 15 is 0 Å². The van der Waals surface area contributed by atoms with Crippen molar-refractivity contribution in [2.45, 2.75) is 19.3 Å². The van der Waals surface area contributed by atoms with Crippen LogP contribution in [0, 0.1) is 0 Å². The van der Waals surface area contributed by atoms with Gasteiger partial charge in [-0.25, -0.2) is 0 Å². The van der Waals surface area contributed by atoms with Crippen LogP contribution in [0.1, 0.15) is 38.3 Å². The molecule has 2 amide bonds. The Morgan fingerprint density at radius 3 is 2.57 bits per heavy atom. The van der Waals surface area contributed by atoms with Gasteiger partial charge in [-0.3, -0.25) is 9.59 Å². The Morgan fingerprint density at radius 1 is 1.00 bits per heavy atom. The number of carbonyl (C=O) groups excluding carboxylic acids is 2. The Bertz CT molecular complexity index is 722. The Hall–Kier alpha value is -2.62. The Labute approximate surface area is 123 Å². The van der Waals surface area contributed by atoms with Crippen LogP contribution >= 0.6 is 0 Å². The van der Waals surface area contributed by atoms with Crippen molar-refractivity contribution in [2.24, 2.45) is 5.73 Å². The van der Waals surface area contributed by atoms with E-state index in [-0.39, 0.29) is 5.91 Å². The lowest BCUT2D eigenvalue weighted by Crippen LogP contribution is -2.18. The SMILES string of the molecule is NC(=O)c1ccccc1NC(=O)c1ccc2c(c1)CCC2. The molecule has 2 aromatic rings. The van der Waals surface area contributed by atoms with Crippen molar-refractivity contribution < 1.29 is 9.59 Å². The summed E-state index contributed by atoms with van der Waals surface area (Å²) in [5.74, 6) is -0.779. The predicted molar refractivity (Wildman–Crippen MR) is 81.4 cm³/mol. The highest BCUT2D eigenvalue weighted by atomic mass is 16.2. The van der Waals surface area contributed by atoms with Gasteiger partial charge in [0.15, 0.2) is 0 Å². The zero-order valence-corrected chi connectivity index (χ0v) is 11.6. The summed E-state index contributed by atoms with van der Waals surface area (Å²) < 4.78 is 0. The molecule has 0 atom stereocenters. The second-order valence-corrected chi connectivity index (χ2v) is 5.20. The third-order valence-corrected chi connectivity index (χ3v) is 3.80. The largest absolute Gasteiger partial charge is 0.366 e. The normalized spacial score (nSPS) is 12.8. The lowest BCUT2D eigenvalue weighted by atomic mass is 10.1. The van der Waals surface area contributed by atoms with Gasteiger partial charge in [-0.2, -0.15) is 0 Å². The van der Waals surface area contributed by atoms with Gasteiger partial charge >= 0.3 is 0 Å². The maximum Gasteiger partial charge on any atom is 0.255 e. The number of amides is 2. The Kier molecular flexibility index (Phi) is 3.44. The molecule has 0 aliphatic heterocycles. The van der Waals surface area contributed by atoms with E-state index in [0.29, 0.717) is 16.8 Å². The smallest absolute Gasteiger partial charge is 0.255 e. The summed E-state index contributed by atoms with van der Waals surface area (Å²) in [5, 5.41) is 2.76. The van der Waals surface area contributed by atoms with Gasteiger partial charge in [-0.1, -0.05) is 18.2 Å². The van der Waals surface area contributed by atoms with Crippen LogP contribution < -0.4 is 11.1 Å². The van der Waals surface area contributed by atoms with E-state index < -0.39 is 5.91 Å². The topological polar surface area (TPSA) is 72.2 Å². The van der Waals surface area contributed by atoms with Crippen molar-refractivity contribution in [3.05, 3.63) is 64.7 Å². The molecule has 1 aliphatic rings. The third-order valence-electron chi connectivity index (χ3n) is 3.80. The van der Waals surface area contributed by atoms with Gasteiger partial charge < -0.3 is 11.1 Å². The van der Waals surface area contributed by atoms with Gasteiger partial charge in [0.05, 0.1) is 11.3 Å². The first-order valence-electron chi connectivity index (χ1n) is 6.97. The quantitative estimate of drug-likeness (QED) is 0.906. The number of nitrogens with two attached hydrogens (primary N) is 1. The molecule has 0 heterocycles. The van der Waals surface area contributed by atoms with Crippen molar-refractivity contribution in [1.29, 1.82) is 0 Å². The summed E-state index contributed by atoms with van der Waals surface area (Å²) in [6, 6.07) is 12.5. The van der Waals surface area contributed by atoms with Gasteiger partial charge in [0.25, 0.3) is 11.8 Å². The van der Waals surface area contributed by atoms with Crippen LogP contribution in [0.2, 0.25) is 0 Å². The molecule has 1 aliphatic carbocycles. The molecule has 2 aromatic carbocycles. The second kappa shape index (κ2) is 5.40. The summed E-state index contributed by atoms with van der Waals surface area (Å²) in [6.45, 7) is 0. The Balaban J connectivity index is 1.85. The zero-order valence-electron chi connectivity index (χ0n) is 11.6. The third kappa shape index (κ3) is 2.65. The number of para-hydroxylation sites is 1. The monoisotopic (exact) mass is 280 g/mol. The molecule has 0 fully saturated rings. The van der Waals surface area contributed by atoms with Crippen LogP contribution in [0.15, 0.2) is 42.5 Å². The first kappa shape index (κ1) is 13.4. The average Bonchev–Trinajstić information content (AvgIpc) is 2.94. The molecular weight excluding hydrogens is 264 g/mol. The first-order valence-corrected chi connectivity index (χ1v) is 6.97. The van der Waals surface area contributed by atoms with E-state index in [4.69, 9.17) is 5.73 Å². The lowest BCUT2D eigenvalue weighted by Gasteiger charge is -2.09. The molecule has 0 saturated heterocycles. The number of anilines is 1. The fraction of sp³-hybridized carbons (Fsp3) is 0.176. The molecule has 0 spiro atoms. The number of carbonyl (C=O) groups is 2. The van der Waals surface area contributed by atoms with Gasteiger partial charge in [0.1, 0.15) is 0 Å². The summed E-state index contributed by atoms with van der Waals surface area (Å²) in [5.41, 5.74) is 9.24. The molecule has 0 bridgehead atoms. The maximum atomic E-state index is 12.3. The van der Waals surface area contributed by atoms with Crippen LogP contribution in [0.5, 0.6) is 0 Å². The number of aryl methyl sites for hydroxylation is 2. The number of nitrogens with one attached hydrogen (secondary N) is 1. The highest BCUT2D eigenvalue weighted by Crippen LogP contribution is 2.23. The van der Waals surface area contributed by atoms with E-state index in [9.17, 15) is 9.59 Å².